The maximum atomic E-state index is 12.7. The van der Waals surface area contributed by atoms with Crippen molar-refractivity contribution in [1.82, 2.24) is 4.90 Å². The minimum absolute atomic E-state index is 0.0175. The van der Waals surface area contributed by atoms with Crippen LogP contribution in [0.25, 0.3) is 0 Å². The van der Waals surface area contributed by atoms with Crippen LogP contribution in [0, 0.1) is 5.92 Å². The van der Waals surface area contributed by atoms with Gasteiger partial charge in [-0.2, -0.15) is 0 Å². The van der Waals surface area contributed by atoms with Crippen LogP contribution in [0.3, 0.4) is 0 Å². The Morgan fingerprint density at radius 2 is 2.05 bits per heavy atom. The molecule has 0 bridgehead atoms. The molecule has 2 heterocycles. The van der Waals surface area contributed by atoms with E-state index in [0.29, 0.717) is 17.3 Å². The van der Waals surface area contributed by atoms with Crippen LogP contribution in [0.5, 0.6) is 0 Å². The summed E-state index contributed by atoms with van der Waals surface area (Å²) in [6.45, 7) is 3.35. The molecular weight excluding hydrogens is 300 g/mol. The second-order valence-electron chi connectivity index (χ2n) is 6.23. The molecule has 2 aliphatic heterocycles. The lowest BCUT2D eigenvalue weighted by Crippen LogP contribution is -2.45. The van der Waals surface area contributed by atoms with Crippen LogP contribution in [-0.2, 0) is 9.59 Å². The fraction of sp³-hybridized carbons (Fsp3) is 0.529. The lowest BCUT2D eigenvalue weighted by Gasteiger charge is -2.35. The quantitative estimate of drug-likeness (QED) is 0.840. The first kappa shape index (κ1) is 15.3. The van der Waals surface area contributed by atoms with E-state index in [2.05, 4.69) is 6.92 Å². The average molecular weight is 321 g/mol. The number of carbonyl (C=O) groups is 2. The Morgan fingerprint density at radius 1 is 1.27 bits per heavy atom. The highest BCUT2D eigenvalue weighted by atomic mass is 35.5. The van der Waals surface area contributed by atoms with Crippen molar-refractivity contribution in [1.29, 1.82) is 0 Å². The Labute approximate surface area is 136 Å². The number of carbonyl (C=O) groups excluding carboxylic acids is 2. The largest absolute Gasteiger partial charge is 0.340 e. The predicted octanol–water partition coefficient (Wildman–Crippen LogP) is 3.09. The summed E-state index contributed by atoms with van der Waals surface area (Å²) in [4.78, 5) is 28.6. The average Bonchev–Trinajstić information content (AvgIpc) is 2.89. The molecule has 1 aromatic carbocycles. The third-order valence-corrected chi connectivity index (χ3v) is 5.02. The number of piperidine rings is 1. The van der Waals surface area contributed by atoms with E-state index in [4.69, 9.17) is 11.6 Å². The van der Waals surface area contributed by atoms with Crippen molar-refractivity contribution in [2.24, 2.45) is 5.92 Å². The zero-order valence-corrected chi connectivity index (χ0v) is 13.6. The molecule has 2 aliphatic rings. The molecule has 4 nitrogen and oxygen atoms in total. The van der Waals surface area contributed by atoms with E-state index in [-0.39, 0.29) is 30.2 Å². The molecular formula is C17H21ClN2O2. The van der Waals surface area contributed by atoms with Gasteiger partial charge in [-0.05, 0) is 38.3 Å². The number of hydrogen-bond acceptors (Lipinski definition) is 2. The smallest absolute Gasteiger partial charge is 0.228 e. The van der Waals surface area contributed by atoms with Gasteiger partial charge in [-0.1, -0.05) is 23.7 Å². The summed E-state index contributed by atoms with van der Waals surface area (Å²) >= 11 is 6.18. The van der Waals surface area contributed by atoms with Gasteiger partial charge in [0.2, 0.25) is 11.8 Å². The van der Waals surface area contributed by atoms with Gasteiger partial charge in [0.05, 0.1) is 16.6 Å². The molecule has 5 heteroatoms. The fourth-order valence-corrected chi connectivity index (χ4v) is 3.67. The molecule has 0 radical (unpaired) electrons. The first-order chi connectivity index (χ1) is 10.6. The van der Waals surface area contributed by atoms with E-state index >= 15 is 0 Å². The summed E-state index contributed by atoms with van der Waals surface area (Å²) in [5, 5.41) is 0.551. The summed E-state index contributed by atoms with van der Waals surface area (Å²) in [6.07, 6.45) is 3.58. The van der Waals surface area contributed by atoms with Crippen LogP contribution in [0.2, 0.25) is 5.02 Å². The lowest BCUT2D eigenvalue weighted by molar-refractivity contribution is -0.139. The van der Waals surface area contributed by atoms with Gasteiger partial charge >= 0.3 is 0 Å². The van der Waals surface area contributed by atoms with Crippen molar-refractivity contribution in [3.8, 4) is 0 Å². The summed E-state index contributed by atoms with van der Waals surface area (Å²) in [7, 11) is 0. The van der Waals surface area contributed by atoms with Gasteiger partial charge in [0.1, 0.15) is 0 Å². The predicted molar refractivity (Wildman–Crippen MR) is 86.9 cm³/mol. The molecule has 2 fully saturated rings. The van der Waals surface area contributed by atoms with Gasteiger partial charge in [-0.15, -0.1) is 0 Å². The number of halogens is 1. The number of rotatable bonds is 2. The van der Waals surface area contributed by atoms with E-state index in [1.165, 1.54) is 6.42 Å². The Hall–Kier alpha value is -1.55. The summed E-state index contributed by atoms with van der Waals surface area (Å²) in [5.41, 5.74) is 0.705. The molecule has 1 aromatic rings. The highest BCUT2D eigenvalue weighted by Crippen LogP contribution is 2.32. The second kappa shape index (κ2) is 6.29. The van der Waals surface area contributed by atoms with Gasteiger partial charge < -0.3 is 9.80 Å². The van der Waals surface area contributed by atoms with Crippen molar-refractivity contribution in [3.05, 3.63) is 29.3 Å². The molecule has 0 aromatic heterocycles. The van der Waals surface area contributed by atoms with E-state index in [1.807, 2.05) is 23.1 Å². The van der Waals surface area contributed by atoms with Crippen molar-refractivity contribution < 1.29 is 9.59 Å². The van der Waals surface area contributed by atoms with Gasteiger partial charge in [0.25, 0.3) is 0 Å². The first-order valence-electron chi connectivity index (χ1n) is 7.93. The third kappa shape index (κ3) is 2.84. The van der Waals surface area contributed by atoms with E-state index in [9.17, 15) is 9.59 Å². The lowest BCUT2D eigenvalue weighted by atomic mass is 9.99. The SMILES string of the molecule is CC1CCCCN1C(=O)C1CC(=O)N(c2ccccc2Cl)C1. The maximum Gasteiger partial charge on any atom is 0.228 e. The highest BCUT2D eigenvalue weighted by Gasteiger charge is 2.39. The number of amides is 2. The molecule has 3 rings (SSSR count). The van der Waals surface area contributed by atoms with Crippen LogP contribution >= 0.6 is 11.6 Å². The summed E-state index contributed by atoms with van der Waals surface area (Å²) in [6, 6.07) is 7.58. The number of hydrogen-bond donors (Lipinski definition) is 0. The number of likely N-dealkylation sites (tertiary alicyclic amines) is 1. The second-order valence-corrected chi connectivity index (χ2v) is 6.64. The van der Waals surface area contributed by atoms with E-state index in [0.717, 1.165) is 19.4 Å². The van der Waals surface area contributed by atoms with E-state index < -0.39 is 0 Å². The van der Waals surface area contributed by atoms with E-state index in [1.54, 1.807) is 11.0 Å². The fourth-order valence-electron chi connectivity index (χ4n) is 3.44. The standard InChI is InChI=1S/C17H21ClN2O2/c1-12-6-4-5-9-19(12)17(22)13-10-16(21)20(11-13)15-8-3-2-7-14(15)18/h2-3,7-8,12-13H,4-6,9-11H2,1H3. The summed E-state index contributed by atoms with van der Waals surface area (Å²) < 4.78 is 0. The third-order valence-electron chi connectivity index (χ3n) is 4.70. The summed E-state index contributed by atoms with van der Waals surface area (Å²) in [5.74, 6) is -0.143. The maximum absolute atomic E-state index is 12.7. The monoisotopic (exact) mass is 320 g/mol. The molecule has 0 saturated carbocycles. The minimum atomic E-state index is -0.246. The minimum Gasteiger partial charge on any atom is -0.340 e. The van der Waals surface area contributed by atoms with Crippen LogP contribution in [-0.4, -0.2) is 35.8 Å². The molecule has 2 unspecified atom stereocenters. The Kier molecular flexibility index (Phi) is 4.39. The molecule has 22 heavy (non-hydrogen) atoms. The van der Waals surface area contributed by atoms with Gasteiger partial charge in [0.15, 0.2) is 0 Å². The van der Waals surface area contributed by atoms with Gasteiger partial charge in [0, 0.05) is 25.6 Å². The normalized spacial score (nSPS) is 25.6. The van der Waals surface area contributed by atoms with Crippen LogP contribution in [0.1, 0.15) is 32.6 Å². The van der Waals surface area contributed by atoms with Crippen LogP contribution in [0.15, 0.2) is 24.3 Å². The zero-order valence-electron chi connectivity index (χ0n) is 12.8. The highest BCUT2D eigenvalue weighted by molar-refractivity contribution is 6.33. The van der Waals surface area contributed by atoms with Crippen molar-refractivity contribution >= 4 is 29.1 Å². The molecule has 2 atom stereocenters. The number of benzene rings is 1. The van der Waals surface area contributed by atoms with Crippen LogP contribution < -0.4 is 4.90 Å². The number of para-hydroxylation sites is 1. The van der Waals surface area contributed by atoms with Crippen LogP contribution in [0.4, 0.5) is 5.69 Å². The molecule has 118 valence electrons. The number of nitrogens with zero attached hydrogens (tertiary/aromatic N) is 2. The first-order valence-corrected chi connectivity index (χ1v) is 8.31. The Morgan fingerprint density at radius 3 is 2.77 bits per heavy atom. The molecule has 2 saturated heterocycles. The topological polar surface area (TPSA) is 40.6 Å². The van der Waals surface area contributed by atoms with Crippen molar-refractivity contribution in [2.45, 2.75) is 38.6 Å². The molecule has 0 N–H and O–H groups in total. The van der Waals surface area contributed by atoms with Crippen molar-refractivity contribution in [3.63, 3.8) is 0 Å². The number of anilines is 1. The van der Waals surface area contributed by atoms with Gasteiger partial charge in [-0.25, -0.2) is 0 Å². The van der Waals surface area contributed by atoms with Crippen molar-refractivity contribution in [2.75, 3.05) is 18.0 Å². The zero-order chi connectivity index (χ0) is 15.7. The molecule has 0 spiro atoms. The molecule has 0 aliphatic carbocycles. The Balaban J connectivity index is 1.74. The Bertz CT molecular complexity index is 590. The molecule has 2 amide bonds. The van der Waals surface area contributed by atoms with Gasteiger partial charge in [-0.3, -0.25) is 9.59 Å².